The van der Waals surface area contributed by atoms with Crippen LogP contribution in [0.5, 0.6) is 5.88 Å². The van der Waals surface area contributed by atoms with Gasteiger partial charge in [-0.05, 0) is 6.92 Å². The van der Waals surface area contributed by atoms with Gasteiger partial charge in [-0.25, -0.2) is 0 Å². The maximum atomic E-state index is 5.26. The SMILES string of the molecule is CCOc1cncc(NCc2cnccn2)n1. The molecule has 88 valence electrons. The molecule has 0 amide bonds. The zero-order valence-corrected chi connectivity index (χ0v) is 9.50. The standard InChI is InChI=1S/C11H13N5O/c1-2-17-11-8-13-7-10(16-11)15-6-9-5-12-3-4-14-9/h3-5,7-8H,2,6H2,1H3,(H,15,16). The molecule has 0 spiro atoms. The van der Waals surface area contributed by atoms with Crippen molar-refractivity contribution in [2.24, 2.45) is 0 Å². The number of nitrogens with one attached hydrogen (secondary N) is 1. The van der Waals surface area contributed by atoms with Crippen molar-refractivity contribution >= 4 is 5.82 Å². The highest BCUT2D eigenvalue weighted by Crippen LogP contribution is 2.09. The molecule has 6 nitrogen and oxygen atoms in total. The van der Waals surface area contributed by atoms with E-state index < -0.39 is 0 Å². The minimum absolute atomic E-state index is 0.511. The first kappa shape index (κ1) is 11.3. The van der Waals surface area contributed by atoms with Crippen LogP contribution in [0.3, 0.4) is 0 Å². The highest BCUT2D eigenvalue weighted by atomic mass is 16.5. The Hall–Kier alpha value is -2.24. The molecule has 2 aromatic rings. The highest BCUT2D eigenvalue weighted by molar-refractivity contribution is 5.33. The number of aromatic nitrogens is 4. The maximum Gasteiger partial charge on any atom is 0.234 e. The first-order valence-electron chi connectivity index (χ1n) is 5.32. The Bertz CT molecular complexity index is 462. The van der Waals surface area contributed by atoms with Crippen LogP contribution in [0.15, 0.2) is 31.0 Å². The maximum absolute atomic E-state index is 5.26. The molecule has 0 saturated carbocycles. The third kappa shape index (κ3) is 3.37. The molecule has 0 atom stereocenters. The molecule has 0 bridgehead atoms. The summed E-state index contributed by atoms with van der Waals surface area (Å²) in [4.78, 5) is 16.4. The fraction of sp³-hybridized carbons (Fsp3) is 0.273. The summed E-state index contributed by atoms with van der Waals surface area (Å²) in [6.45, 7) is 3.03. The van der Waals surface area contributed by atoms with E-state index in [9.17, 15) is 0 Å². The summed E-state index contributed by atoms with van der Waals surface area (Å²) < 4.78 is 5.26. The van der Waals surface area contributed by atoms with Crippen molar-refractivity contribution < 1.29 is 4.74 Å². The average Bonchev–Trinajstić information content (AvgIpc) is 2.39. The molecule has 1 N–H and O–H groups in total. The van der Waals surface area contributed by atoms with E-state index in [2.05, 4.69) is 25.3 Å². The number of rotatable bonds is 5. The molecule has 0 unspecified atom stereocenters. The second kappa shape index (κ2) is 5.74. The van der Waals surface area contributed by atoms with Crippen molar-refractivity contribution in [1.82, 2.24) is 19.9 Å². The highest BCUT2D eigenvalue weighted by Gasteiger charge is 1.99. The van der Waals surface area contributed by atoms with E-state index in [4.69, 9.17) is 4.74 Å². The summed E-state index contributed by atoms with van der Waals surface area (Å²) in [6, 6.07) is 0. The van der Waals surface area contributed by atoms with Gasteiger partial charge in [0.25, 0.3) is 0 Å². The van der Waals surface area contributed by atoms with E-state index in [1.54, 1.807) is 31.0 Å². The topological polar surface area (TPSA) is 72.8 Å². The van der Waals surface area contributed by atoms with Crippen LogP contribution in [-0.2, 0) is 6.54 Å². The molecule has 0 aliphatic rings. The summed E-state index contributed by atoms with van der Waals surface area (Å²) in [5.41, 5.74) is 0.844. The van der Waals surface area contributed by atoms with Gasteiger partial charge in [0, 0.05) is 12.4 Å². The van der Waals surface area contributed by atoms with Gasteiger partial charge in [-0.1, -0.05) is 0 Å². The zero-order chi connectivity index (χ0) is 11.9. The van der Waals surface area contributed by atoms with Crippen LogP contribution >= 0.6 is 0 Å². The lowest BCUT2D eigenvalue weighted by Gasteiger charge is -2.06. The second-order valence-corrected chi connectivity index (χ2v) is 3.23. The molecule has 2 heterocycles. The van der Waals surface area contributed by atoms with Gasteiger partial charge in [0.2, 0.25) is 5.88 Å². The van der Waals surface area contributed by atoms with E-state index in [0.717, 1.165) is 5.69 Å². The van der Waals surface area contributed by atoms with Crippen molar-refractivity contribution in [1.29, 1.82) is 0 Å². The van der Waals surface area contributed by atoms with Crippen LogP contribution in [0.1, 0.15) is 12.6 Å². The van der Waals surface area contributed by atoms with E-state index in [1.165, 1.54) is 0 Å². The molecule has 6 heteroatoms. The number of nitrogens with zero attached hydrogens (tertiary/aromatic N) is 4. The Labute approximate surface area is 99.1 Å². The molecule has 0 fully saturated rings. The van der Waals surface area contributed by atoms with Gasteiger partial charge >= 0.3 is 0 Å². The molecular weight excluding hydrogens is 218 g/mol. The third-order valence-corrected chi connectivity index (χ3v) is 1.97. The molecule has 0 aliphatic carbocycles. The van der Waals surface area contributed by atoms with Gasteiger partial charge < -0.3 is 10.1 Å². The largest absolute Gasteiger partial charge is 0.477 e. The summed E-state index contributed by atoms with van der Waals surface area (Å²) in [5, 5.41) is 3.10. The summed E-state index contributed by atoms with van der Waals surface area (Å²) in [6.07, 6.45) is 8.21. The summed E-state index contributed by atoms with van der Waals surface area (Å²) in [7, 11) is 0. The van der Waals surface area contributed by atoms with Crippen molar-refractivity contribution in [3.63, 3.8) is 0 Å². The Balaban J connectivity index is 1.97. The van der Waals surface area contributed by atoms with E-state index in [1.807, 2.05) is 6.92 Å². The average molecular weight is 231 g/mol. The smallest absolute Gasteiger partial charge is 0.234 e. The van der Waals surface area contributed by atoms with Crippen molar-refractivity contribution in [3.05, 3.63) is 36.7 Å². The Morgan fingerprint density at radius 2 is 2.12 bits per heavy atom. The zero-order valence-electron chi connectivity index (χ0n) is 9.50. The van der Waals surface area contributed by atoms with Crippen molar-refractivity contribution in [2.45, 2.75) is 13.5 Å². The van der Waals surface area contributed by atoms with Gasteiger partial charge in [-0.3, -0.25) is 15.0 Å². The number of anilines is 1. The minimum atomic E-state index is 0.511. The number of hydrogen-bond acceptors (Lipinski definition) is 6. The summed E-state index contributed by atoms with van der Waals surface area (Å²) in [5.74, 6) is 1.17. The van der Waals surface area contributed by atoms with E-state index in [-0.39, 0.29) is 0 Å². The van der Waals surface area contributed by atoms with Gasteiger partial charge in [0.15, 0.2) is 0 Å². The van der Waals surface area contributed by atoms with Gasteiger partial charge in [-0.2, -0.15) is 4.98 Å². The molecule has 0 aliphatic heterocycles. The van der Waals surface area contributed by atoms with Crippen LogP contribution < -0.4 is 10.1 Å². The molecule has 0 aromatic carbocycles. The van der Waals surface area contributed by atoms with E-state index >= 15 is 0 Å². The predicted molar refractivity (Wildman–Crippen MR) is 62.6 cm³/mol. The predicted octanol–water partition coefficient (Wildman–Crippen LogP) is 1.28. The fourth-order valence-electron chi connectivity index (χ4n) is 1.25. The molecular formula is C11H13N5O. The van der Waals surface area contributed by atoms with Crippen LogP contribution in [0.4, 0.5) is 5.82 Å². The third-order valence-electron chi connectivity index (χ3n) is 1.97. The lowest BCUT2D eigenvalue weighted by atomic mass is 10.4. The van der Waals surface area contributed by atoms with E-state index in [0.29, 0.717) is 24.8 Å². The van der Waals surface area contributed by atoms with Crippen LogP contribution in [-0.4, -0.2) is 26.5 Å². The lowest BCUT2D eigenvalue weighted by Crippen LogP contribution is -2.05. The number of hydrogen-bond donors (Lipinski definition) is 1. The van der Waals surface area contributed by atoms with Gasteiger partial charge in [0.05, 0.1) is 37.4 Å². The minimum Gasteiger partial charge on any atom is -0.477 e. The molecule has 2 rings (SSSR count). The Morgan fingerprint density at radius 1 is 1.18 bits per heavy atom. The molecule has 2 aromatic heterocycles. The Kier molecular flexibility index (Phi) is 3.80. The first-order valence-corrected chi connectivity index (χ1v) is 5.32. The Morgan fingerprint density at radius 3 is 2.88 bits per heavy atom. The molecule has 0 radical (unpaired) electrons. The quantitative estimate of drug-likeness (QED) is 0.835. The monoisotopic (exact) mass is 231 g/mol. The van der Waals surface area contributed by atoms with Gasteiger partial charge in [0.1, 0.15) is 5.82 Å². The van der Waals surface area contributed by atoms with Crippen LogP contribution in [0.2, 0.25) is 0 Å². The summed E-state index contributed by atoms with van der Waals surface area (Å²) >= 11 is 0. The normalized spacial score (nSPS) is 9.94. The molecule has 0 saturated heterocycles. The second-order valence-electron chi connectivity index (χ2n) is 3.23. The van der Waals surface area contributed by atoms with Crippen LogP contribution in [0.25, 0.3) is 0 Å². The van der Waals surface area contributed by atoms with Crippen molar-refractivity contribution in [2.75, 3.05) is 11.9 Å². The van der Waals surface area contributed by atoms with Crippen LogP contribution in [0, 0.1) is 0 Å². The lowest BCUT2D eigenvalue weighted by molar-refractivity contribution is 0.325. The van der Waals surface area contributed by atoms with Gasteiger partial charge in [-0.15, -0.1) is 0 Å². The molecule has 17 heavy (non-hydrogen) atoms. The first-order chi connectivity index (χ1) is 8.38. The number of ether oxygens (including phenoxy) is 1. The fourth-order valence-corrected chi connectivity index (χ4v) is 1.25. The van der Waals surface area contributed by atoms with Crippen molar-refractivity contribution in [3.8, 4) is 5.88 Å².